The molecule has 1 heterocycles. The van der Waals surface area contributed by atoms with Gasteiger partial charge in [0.1, 0.15) is 11.5 Å². The first-order valence-electron chi connectivity index (χ1n) is 7.83. The molecule has 0 bridgehead atoms. The van der Waals surface area contributed by atoms with Crippen LogP contribution in [0.3, 0.4) is 0 Å². The average Bonchev–Trinajstić information content (AvgIpc) is 2.45. The molecule has 0 aliphatic carbocycles. The number of ketones is 2. The van der Waals surface area contributed by atoms with Crippen molar-refractivity contribution < 1.29 is 28.7 Å². The van der Waals surface area contributed by atoms with Crippen molar-refractivity contribution in [2.24, 2.45) is 11.8 Å². The first-order valence-corrected chi connectivity index (χ1v) is 7.83. The molecule has 7 heteroatoms. The second-order valence-electron chi connectivity index (χ2n) is 6.53. The number of hydrogen-bond donors (Lipinski definition) is 0. The topological polar surface area (TPSA) is 90.0 Å². The highest BCUT2D eigenvalue weighted by molar-refractivity contribution is 6.38. The summed E-state index contributed by atoms with van der Waals surface area (Å²) in [5.74, 6) is -3.92. The lowest BCUT2D eigenvalue weighted by Gasteiger charge is -2.36. The fourth-order valence-corrected chi connectivity index (χ4v) is 2.39. The third-order valence-corrected chi connectivity index (χ3v) is 3.53. The first kappa shape index (κ1) is 19.1. The molecule has 0 aromatic heterocycles. The van der Waals surface area contributed by atoms with Crippen LogP contribution in [-0.4, -0.2) is 53.8 Å². The van der Waals surface area contributed by atoms with Gasteiger partial charge in [-0.2, -0.15) is 0 Å². The minimum absolute atomic E-state index is 0.0540. The normalized spacial score (nSPS) is 21.8. The molecule has 0 radical (unpaired) electrons. The van der Waals surface area contributed by atoms with Gasteiger partial charge in [-0.05, 0) is 34.1 Å². The number of hydrogen-bond acceptors (Lipinski definition) is 6. The van der Waals surface area contributed by atoms with Gasteiger partial charge in [-0.1, -0.05) is 6.92 Å². The van der Waals surface area contributed by atoms with Crippen LogP contribution < -0.4 is 0 Å². The fraction of sp³-hybridized carbons (Fsp3) is 0.750. The molecule has 1 aliphatic rings. The molecular formula is C16H25NO6. The zero-order valence-corrected chi connectivity index (χ0v) is 14.4. The van der Waals surface area contributed by atoms with Crippen molar-refractivity contribution in [1.82, 2.24) is 4.90 Å². The van der Waals surface area contributed by atoms with E-state index in [-0.39, 0.29) is 25.5 Å². The molecular weight excluding hydrogens is 302 g/mol. The first-order chi connectivity index (χ1) is 10.6. The van der Waals surface area contributed by atoms with Crippen molar-refractivity contribution in [2.75, 3.05) is 19.7 Å². The molecule has 1 unspecified atom stereocenters. The van der Waals surface area contributed by atoms with Crippen LogP contribution in [0.25, 0.3) is 0 Å². The van der Waals surface area contributed by atoms with Crippen LogP contribution in [0, 0.1) is 11.8 Å². The summed E-state index contributed by atoms with van der Waals surface area (Å²) in [5.41, 5.74) is -0.680. The number of rotatable bonds is 4. The SMILES string of the molecule is CCOC(=O)C(=O)C1CN(C(=O)OC(C)(C)C)C[C@@H](CC)C1=O. The number of piperidine rings is 1. The predicted octanol–water partition coefficient (Wildman–Crippen LogP) is 1.58. The lowest BCUT2D eigenvalue weighted by Crippen LogP contribution is -2.53. The van der Waals surface area contributed by atoms with Gasteiger partial charge in [0.25, 0.3) is 5.78 Å². The number of amides is 1. The summed E-state index contributed by atoms with van der Waals surface area (Å²) in [4.78, 5) is 49.7. The number of ether oxygens (including phenoxy) is 2. The third-order valence-electron chi connectivity index (χ3n) is 3.53. The lowest BCUT2D eigenvalue weighted by molar-refractivity contribution is -0.158. The third kappa shape index (κ3) is 5.04. The molecule has 0 saturated carbocycles. The van der Waals surface area contributed by atoms with Crippen LogP contribution >= 0.6 is 0 Å². The van der Waals surface area contributed by atoms with E-state index in [0.717, 1.165) is 0 Å². The summed E-state index contributed by atoms with van der Waals surface area (Å²) in [7, 11) is 0. The van der Waals surface area contributed by atoms with Crippen molar-refractivity contribution in [3.63, 3.8) is 0 Å². The van der Waals surface area contributed by atoms with Gasteiger partial charge in [-0.25, -0.2) is 9.59 Å². The molecule has 130 valence electrons. The Hall–Kier alpha value is -1.92. The van der Waals surface area contributed by atoms with Gasteiger partial charge in [0, 0.05) is 19.0 Å². The van der Waals surface area contributed by atoms with Crippen molar-refractivity contribution in [3.05, 3.63) is 0 Å². The maximum absolute atomic E-state index is 12.4. The quantitative estimate of drug-likeness (QED) is 0.442. The summed E-state index contributed by atoms with van der Waals surface area (Å²) in [6.07, 6.45) is -0.116. The zero-order chi connectivity index (χ0) is 17.8. The van der Waals surface area contributed by atoms with Gasteiger partial charge < -0.3 is 14.4 Å². The molecule has 0 aromatic rings. The Kier molecular flexibility index (Phi) is 6.29. The fourth-order valence-electron chi connectivity index (χ4n) is 2.39. The van der Waals surface area contributed by atoms with Crippen molar-refractivity contribution >= 4 is 23.6 Å². The molecule has 0 N–H and O–H groups in total. The van der Waals surface area contributed by atoms with Crippen LogP contribution in [0.15, 0.2) is 0 Å². The Morgan fingerprint density at radius 2 is 1.78 bits per heavy atom. The Bertz CT molecular complexity index is 493. The van der Waals surface area contributed by atoms with E-state index < -0.39 is 35.3 Å². The molecule has 7 nitrogen and oxygen atoms in total. The highest BCUT2D eigenvalue weighted by atomic mass is 16.6. The van der Waals surface area contributed by atoms with E-state index in [4.69, 9.17) is 4.74 Å². The smallest absolute Gasteiger partial charge is 0.410 e. The molecule has 1 saturated heterocycles. The number of carbonyl (C=O) groups excluding carboxylic acids is 4. The standard InChI is InChI=1S/C16H25NO6/c1-6-10-8-17(15(21)23-16(3,4)5)9-11(12(10)18)13(19)14(20)22-7-2/h10-11H,6-9H2,1-5H3/t10-,11?/m1/s1. The van der Waals surface area contributed by atoms with Crippen molar-refractivity contribution in [3.8, 4) is 0 Å². The molecule has 0 aromatic carbocycles. The summed E-state index contributed by atoms with van der Waals surface area (Å²) in [6, 6.07) is 0. The summed E-state index contributed by atoms with van der Waals surface area (Å²) >= 11 is 0. The van der Waals surface area contributed by atoms with Gasteiger partial charge in [0.05, 0.1) is 6.61 Å². The van der Waals surface area contributed by atoms with E-state index >= 15 is 0 Å². The van der Waals surface area contributed by atoms with Gasteiger partial charge in [0.2, 0.25) is 0 Å². The van der Waals surface area contributed by atoms with Gasteiger partial charge in [0.15, 0.2) is 5.78 Å². The number of esters is 1. The maximum atomic E-state index is 12.4. The van der Waals surface area contributed by atoms with E-state index in [0.29, 0.717) is 6.42 Å². The second kappa shape index (κ2) is 7.57. The highest BCUT2D eigenvalue weighted by Crippen LogP contribution is 2.24. The van der Waals surface area contributed by atoms with E-state index in [1.165, 1.54) is 4.90 Å². The number of carbonyl (C=O) groups is 4. The lowest BCUT2D eigenvalue weighted by atomic mass is 9.83. The minimum atomic E-state index is -1.18. The largest absolute Gasteiger partial charge is 0.460 e. The molecule has 1 aliphatic heterocycles. The molecule has 1 fully saturated rings. The molecule has 2 atom stereocenters. The van der Waals surface area contributed by atoms with E-state index in [1.54, 1.807) is 34.6 Å². The summed E-state index contributed by atoms with van der Waals surface area (Å²) in [5, 5.41) is 0. The van der Waals surface area contributed by atoms with Crippen molar-refractivity contribution in [1.29, 1.82) is 0 Å². The van der Waals surface area contributed by atoms with Crippen LogP contribution in [-0.2, 0) is 23.9 Å². The molecule has 1 amide bonds. The Morgan fingerprint density at radius 3 is 2.26 bits per heavy atom. The number of nitrogens with zero attached hydrogens (tertiary/aromatic N) is 1. The van der Waals surface area contributed by atoms with Gasteiger partial charge in [-0.3, -0.25) is 9.59 Å². The van der Waals surface area contributed by atoms with Crippen LogP contribution in [0.1, 0.15) is 41.0 Å². The highest BCUT2D eigenvalue weighted by Gasteiger charge is 2.43. The van der Waals surface area contributed by atoms with E-state index in [9.17, 15) is 19.2 Å². The molecule has 0 spiro atoms. The van der Waals surface area contributed by atoms with Crippen molar-refractivity contribution in [2.45, 2.75) is 46.6 Å². The Balaban J connectivity index is 2.93. The van der Waals surface area contributed by atoms with Gasteiger partial charge in [-0.15, -0.1) is 0 Å². The second-order valence-corrected chi connectivity index (χ2v) is 6.53. The summed E-state index contributed by atoms with van der Waals surface area (Å²) in [6.45, 7) is 8.68. The monoisotopic (exact) mass is 327 g/mol. The van der Waals surface area contributed by atoms with Gasteiger partial charge >= 0.3 is 12.1 Å². The Morgan fingerprint density at radius 1 is 1.17 bits per heavy atom. The van der Waals surface area contributed by atoms with Crippen LogP contribution in [0.5, 0.6) is 0 Å². The minimum Gasteiger partial charge on any atom is -0.460 e. The van der Waals surface area contributed by atoms with Crippen LogP contribution in [0.4, 0.5) is 4.79 Å². The number of Topliss-reactive ketones (excluding diaryl/α,β-unsaturated/α-hetero) is 2. The Labute approximate surface area is 136 Å². The summed E-state index contributed by atoms with van der Waals surface area (Å²) < 4.78 is 9.96. The molecule has 1 rings (SSSR count). The van der Waals surface area contributed by atoms with E-state index in [2.05, 4.69) is 4.74 Å². The molecule has 23 heavy (non-hydrogen) atoms. The predicted molar refractivity (Wildman–Crippen MR) is 81.7 cm³/mol. The maximum Gasteiger partial charge on any atom is 0.410 e. The van der Waals surface area contributed by atoms with Crippen LogP contribution in [0.2, 0.25) is 0 Å². The average molecular weight is 327 g/mol. The zero-order valence-electron chi connectivity index (χ0n) is 14.4. The number of likely N-dealkylation sites (tertiary alicyclic amines) is 1. The van der Waals surface area contributed by atoms with E-state index in [1.807, 2.05) is 0 Å².